The number of rotatable bonds is 10. The summed E-state index contributed by atoms with van der Waals surface area (Å²) in [6, 6.07) is 68.1. The Kier molecular flexibility index (Phi) is 10.2. The van der Waals surface area contributed by atoms with Crippen molar-refractivity contribution in [1.82, 2.24) is 0 Å². The standard InChI is InChI=1S/C39H38P2.Ni/c1-7-20-34(21-8-1)40(35-22-9-2-10-23-35,36-24-11-3-12-25-36)32-19-33-41(37-26-13-4-14-27-37,38-28-15-5-16-29-38)39-30-17-6-18-31-39;/h1-18,20-31,40-41H,19,32-33H2;. The third-order valence-corrected chi connectivity index (χ3v) is 18.8. The van der Waals surface area contributed by atoms with Crippen LogP contribution in [0.1, 0.15) is 6.42 Å². The summed E-state index contributed by atoms with van der Waals surface area (Å²) < 4.78 is 0. The molecule has 0 saturated carbocycles. The van der Waals surface area contributed by atoms with Gasteiger partial charge in [-0.3, -0.25) is 0 Å². The van der Waals surface area contributed by atoms with Gasteiger partial charge in [0, 0.05) is 16.5 Å². The van der Waals surface area contributed by atoms with Gasteiger partial charge in [0.15, 0.2) is 0 Å². The van der Waals surface area contributed by atoms with Crippen LogP contribution in [-0.2, 0) is 16.5 Å². The van der Waals surface area contributed by atoms with Gasteiger partial charge in [-0.1, -0.05) is 0 Å². The summed E-state index contributed by atoms with van der Waals surface area (Å²) in [6.07, 6.45) is 3.47. The van der Waals surface area contributed by atoms with Crippen molar-refractivity contribution in [2.45, 2.75) is 6.42 Å². The molecule has 0 aromatic heterocycles. The summed E-state index contributed by atoms with van der Waals surface area (Å²) in [7, 11) is -4.61. The van der Waals surface area contributed by atoms with Crippen molar-refractivity contribution in [2.24, 2.45) is 0 Å². The maximum atomic E-state index is 2.38. The van der Waals surface area contributed by atoms with Gasteiger partial charge in [-0.25, -0.2) is 0 Å². The normalized spacial score (nSPS) is 12.2. The van der Waals surface area contributed by atoms with Crippen molar-refractivity contribution in [3.63, 3.8) is 0 Å². The van der Waals surface area contributed by atoms with Crippen LogP contribution in [0.25, 0.3) is 0 Å². The zero-order chi connectivity index (χ0) is 27.8. The third kappa shape index (κ3) is 5.94. The summed E-state index contributed by atoms with van der Waals surface area (Å²) in [4.78, 5) is 0. The van der Waals surface area contributed by atoms with E-state index in [0.29, 0.717) is 0 Å². The molecule has 0 aliphatic heterocycles. The van der Waals surface area contributed by atoms with Gasteiger partial charge in [-0.05, 0) is 0 Å². The molecule has 42 heavy (non-hydrogen) atoms. The van der Waals surface area contributed by atoms with Crippen LogP contribution >= 0.6 is 14.5 Å². The minimum atomic E-state index is -2.30. The van der Waals surface area contributed by atoms with Crippen LogP contribution in [0.5, 0.6) is 0 Å². The van der Waals surface area contributed by atoms with E-state index >= 15 is 0 Å². The molecule has 214 valence electrons. The monoisotopic (exact) mass is 626 g/mol. The topological polar surface area (TPSA) is 0 Å². The molecule has 0 heterocycles. The van der Waals surface area contributed by atoms with Gasteiger partial charge in [0.1, 0.15) is 0 Å². The van der Waals surface area contributed by atoms with E-state index in [1.165, 1.54) is 31.8 Å². The molecule has 0 bridgehead atoms. The molecular formula is C39H38NiP2. The van der Waals surface area contributed by atoms with E-state index in [1.807, 2.05) is 0 Å². The van der Waals surface area contributed by atoms with E-state index in [4.69, 9.17) is 0 Å². The van der Waals surface area contributed by atoms with Crippen molar-refractivity contribution in [1.29, 1.82) is 0 Å². The van der Waals surface area contributed by atoms with Crippen molar-refractivity contribution in [3.05, 3.63) is 182 Å². The van der Waals surface area contributed by atoms with Gasteiger partial charge in [-0.15, -0.1) is 0 Å². The third-order valence-electron chi connectivity index (χ3n) is 8.70. The second kappa shape index (κ2) is 14.2. The van der Waals surface area contributed by atoms with E-state index in [-0.39, 0.29) is 16.5 Å². The molecular weight excluding hydrogens is 589 g/mol. The Morgan fingerprint density at radius 1 is 0.262 bits per heavy atom. The molecule has 0 nitrogen and oxygen atoms in total. The Balaban J connectivity index is 0.00000353. The van der Waals surface area contributed by atoms with Gasteiger partial charge in [0.05, 0.1) is 0 Å². The summed E-state index contributed by atoms with van der Waals surface area (Å²) >= 11 is 0. The molecule has 6 aromatic carbocycles. The van der Waals surface area contributed by atoms with Crippen molar-refractivity contribution in [2.75, 3.05) is 12.3 Å². The fraction of sp³-hybridized carbons (Fsp3) is 0.0769. The molecule has 0 amide bonds. The van der Waals surface area contributed by atoms with E-state index in [2.05, 4.69) is 182 Å². The van der Waals surface area contributed by atoms with Gasteiger partial charge >= 0.3 is 247 Å². The summed E-state index contributed by atoms with van der Waals surface area (Å²) in [6.45, 7) is 0. The van der Waals surface area contributed by atoms with Crippen molar-refractivity contribution >= 4 is 46.4 Å². The van der Waals surface area contributed by atoms with Crippen LogP contribution < -0.4 is 31.8 Å². The van der Waals surface area contributed by atoms with Gasteiger partial charge in [0.25, 0.3) is 0 Å². The quantitative estimate of drug-likeness (QED) is 0.116. The molecule has 0 aliphatic carbocycles. The number of hydrogen-bond donors (Lipinski definition) is 0. The van der Waals surface area contributed by atoms with E-state index in [1.54, 1.807) is 0 Å². The molecule has 0 atom stereocenters. The summed E-state index contributed by atoms with van der Waals surface area (Å²) in [5.74, 6) is 0. The van der Waals surface area contributed by atoms with Gasteiger partial charge in [0.2, 0.25) is 0 Å². The van der Waals surface area contributed by atoms with E-state index < -0.39 is 14.5 Å². The average Bonchev–Trinajstić information content (AvgIpc) is 3.08. The summed E-state index contributed by atoms with van der Waals surface area (Å²) in [5.41, 5.74) is 0. The van der Waals surface area contributed by atoms with Crippen LogP contribution in [0.15, 0.2) is 182 Å². The zero-order valence-corrected chi connectivity index (χ0v) is 26.7. The minimum absolute atomic E-state index is 0. The predicted molar refractivity (Wildman–Crippen MR) is 187 cm³/mol. The van der Waals surface area contributed by atoms with Crippen LogP contribution in [0, 0.1) is 0 Å². The molecule has 0 aliphatic rings. The van der Waals surface area contributed by atoms with Gasteiger partial charge < -0.3 is 0 Å². The van der Waals surface area contributed by atoms with Crippen LogP contribution in [-0.4, -0.2) is 12.3 Å². The van der Waals surface area contributed by atoms with E-state index in [9.17, 15) is 0 Å². The predicted octanol–water partition coefficient (Wildman–Crippen LogP) is 6.83. The molecule has 0 fully saturated rings. The Morgan fingerprint density at radius 2 is 0.429 bits per heavy atom. The van der Waals surface area contributed by atoms with Crippen LogP contribution in [0.3, 0.4) is 0 Å². The molecule has 0 N–H and O–H groups in total. The average molecular weight is 627 g/mol. The van der Waals surface area contributed by atoms with Crippen LogP contribution in [0.4, 0.5) is 0 Å². The SMILES string of the molecule is [Ni].c1ccc([PH](CCC[PH](c2ccccc2)(c2ccccc2)c2ccccc2)(c2ccccc2)c2ccccc2)cc1. The summed E-state index contributed by atoms with van der Waals surface area (Å²) in [5, 5.41) is 8.94. The Bertz CT molecular complexity index is 1310. The number of benzene rings is 6. The van der Waals surface area contributed by atoms with Crippen LogP contribution in [0.2, 0.25) is 0 Å². The molecule has 0 unspecified atom stereocenters. The first-order valence-corrected chi connectivity index (χ1v) is 19.1. The molecule has 0 spiro atoms. The van der Waals surface area contributed by atoms with E-state index in [0.717, 1.165) is 18.7 Å². The molecule has 3 heteroatoms. The Morgan fingerprint density at radius 3 is 0.595 bits per heavy atom. The first-order chi connectivity index (χ1) is 20.3. The van der Waals surface area contributed by atoms with Crippen molar-refractivity contribution < 1.29 is 16.5 Å². The number of hydrogen-bond acceptors (Lipinski definition) is 0. The second-order valence-corrected chi connectivity index (χ2v) is 18.9. The molecule has 0 saturated heterocycles. The fourth-order valence-corrected chi connectivity index (χ4v) is 16.9. The fourth-order valence-electron chi connectivity index (χ4n) is 6.82. The molecule has 6 aromatic rings. The zero-order valence-electron chi connectivity index (χ0n) is 23.8. The maximum absolute atomic E-state index is 2.38. The molecule has 6 rings (SSSR count). The first-order valence-electron chi connectivity index (χ1n) is 14.7. The Hall–Kier alpha value is -3.33. The first kappa shape index (κ1) is 30.1. The molecule has 0 radical (unpaired) electrons. The Labute approximate surface area is 262 Å². The second-order valence-electron chi connectivity index (χ2n) is 10.9. The van der Waals surface area contributed by atoms with Gasteiger partial charge in [-0.2, -0.15) is 0 Å². The van der Waals surface area contributed by atoms with Crippen molar-refractivity contribution in [3.8, 4) is 0 Å².